The lowest BCUT2D eigenvalue weighted by atomic mass is 10.0. The van der Waals surface area contributed by atoms with Gasteiger partial charge in [0.25, 0.3) is 0 Å². The van der Waals surface area contributed by atoms with Crippen molar-refractivity contribution in [2.75, 3.05) is 39.3 Å². The molecular formula is C40H59N11O13. The second-order valence-corrected chi connectivity index (χ2v) is 16.0. The van der Waals surface area contributed by atoms with Crippen molar-refractivity contribution in [1.82, 2.24) is 41.3 Å². The molecule has 0 saturated carbocycles. The van der Waals surface area contributed by atoms with E-state index in [2.05, 4.69) is 26.6 Å². The summed E-state index contributed by atoms with van der Waals surface area (Å²) in [5.74, 6) is -7.93. The number of hydrogen-bond acceptors (Lipinski definition) is 14. The molecule has 8 atom stereocenters. The number of phenols is 1. The van der Waals surface area contributed by atoms with E-state index in [1.165, 1.54) is 41.0 Å². The Kier molecular flexibility index (Phi) is 18.3. The van der Waals surface area contributed by atoms with Gasteiger partial charge in [-0.1, -0.05) is 12.1 Å². The van der Waals surface area contributed by atoms with Crippen LogP contribution in [0.3, 0.4) is 0 Å². The maximum atomic E-state index is 14.1. The van der Waals surface area contributed by atoms with Gasteiger partial charge < -0.3 is 73.8 Å². The molecule has 0 aliphatic carbocycles. The van der Waals surface area contributed by atoms with Gasteiger partial charge in [0.15, 0.2) is 0 Å². The predicted octanol–water partition coefficient (Wildman–Crippen LogP) is -5.95. The summed E-state index contributed by atoms with van der Waals surface area (Å²) in [6.45, 7) is -0.105. The van der Waals surface area contributed by atoms with E-state index in [0.29, 0.717) is 18.4 Å². The van der Waals surface area contributed by atoms with Gasteiger partial charge in [-0.2, -0.15) is 0 Å². The molecule has 3 aliphatic heterocycles. The molecule has 0 spiro atoms. The first-order valence-corrected chi connectivity index (χ1v) is 21.1. The number of hydrogen-bond donors (Lipinski definition) is 11. The van der Waals surface area contributed by atoms with E-state index >= 15 is 0 Å². The fourth-order valence-corrected chi connectivity index (χ4v) is 8.02. The number of aliphatic hydroxyl groups is 2. The van der Waals surface area contributed by atoms with Crippen LogP contribution >= 0.6 is 0 Å². The lowest BCUT2D eigenvalue weighted by Gasteiger charge is -2.32. The summed E-state index contributed by atoms with van der Waals surface area (Å²) < 4.78 is 0. The molecule has 1 aromatic rings. The molecule has 0 bridgehead atoms. The van der Waals surface area contributed by atoms with Gasteiger partial charge in [0, 0.05) is 32.5 Å². The van der Waals surface area contributed by atoms with Gasteiger partial charge in [0.1, 0.15) is 48.0 Å². The summed E-state index contributed by atoms with van der Waals surface area (Å²) >= 11 is 0. The van der Waals surface area contributed by atoms with Crippen molar-refractivity contribution in [3.8, 4) is 5.75 Å². The Labute approximate surface area is 368 Å². The monoisotopic (exact) mass is 901 g/mol. The first kappa shape index (κ1) is 50.2. The van der Waals surface area contributed by atoms with Crippen LogP contribution in [-0.2, 0) is 54.4 Å². The Morgan fingerprint density at radius 3 is 1.73 bits per heavy atom. The highest BCUT2D eigenvalue weighted by Gasteiger charge is 2.43. The summed E-state index contributed by atoms with van der Waals surface area (Å²) in [6, 6.07) is -3.57. The summed E-state index contributed by atoms with van der Waals surface area (Å²) in [7, 11) is 0. The number of benzene rings is 1. The molecule has 24 heteroatoms. The van der Waals surface area contributed by atoms with Crippen LogP contribution in [0.15, 0.2) is 24.3 Å². The molecule has 24 nitrogen and oxygen atoms in total. The Bertz CT molecular complexity index is 1920. The molecule has 0 aromatic heterocycles. The average Bonchev–Trinajstić information content (AvgIpc) is 4.07. The van der Waals surface area contributed by atoms with E-state index in [-0.39, 0.29) is 76.9 Å². The summed E-state index contributed by atoms with van der Waals surface area (Å²) in [5, 5.41) is 42.9. The minimum absolute atomic E-state index is 0.00845. The number of carbonyl (C=O) groups is 10. The third-order valence-electron chi connectivity index (χ3n) is 11.3. The topological polar surface area (TPSA) is 379 Å². The van der Waals surface area contributed by atoms with Gasteiger partial charge in [0.2, 0.25) is 59.1 Å². The molecule has 64 heavy (non-hydrogen) atoms. The molecule has 3 fully saturated rings. The van der Waals surface area contributed by atoms with Crippen LogP contribution in [0.1, 0.15) is 63.9 Å². The molecule has 3 heterocycles. The summed E-state index contributed by atoms with van der Waals surface area (Å²) in [5.41, 5.74) is 16.5. The van der Waals surface area contributed by atoms with Crippen molar-refractivity contribution >= 4 is 59.1 Å². The van der Waals surface area contributed by atoms with Gasteiger partial charge in [-0.25, -0.2) is 0 Å². The zero-order chi connectivity index (χ0) is 47.2. The zero-order valence-corrected chi connectivity index (χ0v) is 35.5. The Hall–Kier alpha value is -6.40. The van der Waals surface area contributed by atoms with Crippen molar-refractivity contribution in [3.05, 3.63) is 29.8 Å². The quantitative estimate of drug-likeness (QED) is 0.0548. The van der Waals surface area contributed by atoms with Crippen LogP contribution in [0.5, 0.6) is 5.75 Å². The minimum Gasteiger partial charge on any atom is -0.508 e. The summed E-state index contributed by atoms with van der Waals surface area (Å²) in [6.07, 6.45) is -0.606. The number of aliphatic hydroxyl groups excluding tert-OH is 2. The number of likely N-dealkylation sites (tertiary alicyclic amines) is 3. The van der Waals surface area contributed by atoms with Crippen molar-refractivity contribution < 1.29 is 63.3 Å². The van der Waals surface area contributed by atoms with Crippen molar-refractivity contribution in [2.24, 2.45) is 17.2 Å². The SMILES string of the molecule is C[C@@H](O)[C@H](NC(=O)[C@@H]1CCCN1C(=O)[C@H](CCC(N)=O)NC(=O)[C@H](CO)NC(=O)[C@@H]1CCCN1C(=O)CN)C(=O)N[C@@H](Cc1ccc(O)cc1)C(=O)N1CCC[C@H]1C(=O)NCC(N)=O. The van der Waals surface area contributed by atoms with E-state index in [1.807, 2.05) is 0 Å². The van der Waals surface area contributed by atoms with Crippen molar-refractivity contribution in [1.29, 1.82) is 0 Å². The highest BCUT2D eigenvalue weighted by Crippen LogP contribution is 2.23. The molecule has 10 amide bonds. The smallest absolute Gasteiger partial charge is 0.246 e. The van der Waals surface area contributed by atoms with Crippen molar-refractivity contribution in [3.63, 3.8) is 0 Å². The van der Waals surface area contributed by atoms with Gasteiger partial charge in [0.05, 0.1) is 25.8 Å². The minimum atomic E-state index is -1.69. The summed E-state index contributed by atoms with van der Waals surface area (Å²) in [4.78, 5) is 134. The fraction of sp³-hybridized carbons (Fsp3) is 0.600. The highest BCUT2D eigenvalue weighted by molar-refractivity contribution is 5.98. The van der Waals surface area contributed by atoms with E-state index in [0.717, 1.165) is 4.90 Å². The Balaban J connectivity index is 1.49. The predicted molar refractivity (Wildman–Crippen MR) is 222 cm³/mol. The molecule has 3 saturated heterocycles. The molecule has 14 N–H and O–H groups in total. The van der Waals surface area contributed by atoms with Gasteiger partial charge in [-0.15, -0.1) is 0 Å². The third-order valence-corrected chi connectivity index (χ3v) is 11.3. The normalized spacial score (nSPS) is 20.6. The van der Waals surface area contributed by atoms with E-state index in [1.54, 1.807) is 0 Å². The van der Waals surface area contributed by atoms with E-state index < -0.39 is 121 Å². The lowest BCUT2D eigenvalue weighted by Crippen LogP contribution is -2.62. The number of nitrogens with two attached hydrogens (primary N) is 3. The number of amides is 10. The first-order valence-electron chi connectivity index (χ1n) is 21.1. The maximum Gasteiger partial charge on any atom is 0.246 e. The third kappa shape index (κ3) is 13.3. The largest absolute Gasteiger partial charge is 0.508 e. The Morgan fingerprint density at radius 2 is 1.20 bits per heavy atom. The first-order chi connectivity index (χ1) is 30.4. The fourth-order valence-electron chi connectivity index (χ4n) is 8.02. The molecule has 1 aromatic carbocycles. The van der Waals surface area contributed by atoms with Gasteiger partial charge in [-0.3, -0.25) is 47.9 Å². The van der Waals surface area contributed by atoms with Crippen LogP contribution in [0, 0.1) is 0 Å². The number of rotatable bonds is 21. The van der Waals surface area contributed by atoms with Crippen molar-refractivity contribution in [2.45, 2.75) is 113 Å². The molecule has 0 radical (unpaired) electrons. The van der Waals surface area contributed by atoms with Crippen LogP contribution in [0.4, 0.5) is 0 Å². The highest BCUT2D eigenvalue weighted by atomic mass is 16.3. The molecular weight excluding hydrogens is 843 g/mol. The standard InChI is InChI=1S/C40H59N11O13/c1-21(53)33(38(62)46-25(17-22-8-10-23(54)11-9-22)40(64)50-15-3-5-27(50)35(59)44-19-31(43)56)48-37(61)29-7-4-16-51(29)39(63)24(12-13-30(42)55)45-34(58)26(20-52)47-36(60)28-6-2-14-49(28)32(57)18-41/h8-11,21,24-29,33,52-54H,2-7,12-20,41H2,1H3,(H2,42,55)(H2,43,56)(H,44,59)(H,45,58)(H,46,62)(H,47,60)(H,48,61)/t21-,24+,25+,26+,27+,28+,29+,33+/m1/s1. The number of nitrogens with one attached hydrogen (secondary N) is 5. The Morgan fingerprint density at radius 1 is 0.688 bits per heavy atom. The second-order valence-electron chi connectivity index (χ2n) is 16.0. The number of carbonyl (C=O) groups excluding carboxylic acids is 10. The van der Waals surface area contributed by atoms with Gasteiger partial charge in [-0.05, 0) is 69.6 Å². The van der Waals surface area contributed by atoms with Gasteiger partial charge >= 0.3 is 0 Å². The number of phenolic OH excluding ortho intramolecular Hbond substituents is 1. The molecule has 3 aliphatic rings. The zero-order valence-electron chi connectivity index (χ0n) is 35.5. The van der Waals surface area contributed by atoms with E-state index in [4.69, 9.17) is 17.2 Å². The van der Waals surface area contributed by atoms with Crippen LogP contribution in [0.2, 0.25) is 0 Å². The van der Waals surface area contributed by atoms with E-state index in [9.17, 15) is 63.3 Å². The number of primary amides is 2. The van der Waals surface area contributed by atoms with Crippen LogP contribution in [-0.4, -0.2) is 177 Å². The average molecular weight is 902 g/mol. The maximum absolute atomic E-state index is 14.1. The molecule has 0 unspecified atom stereocenters. The lowest BCUT2D eigenvalue weighted by molar-refractivity contribution is -0.144. The van der Waals surface area contributed by atoms with Crippen LogP contribution < -0.4 is 43.8 Å². The number of nitrogens with zero attached hydrogens (tertiary/aromatic N) is 3. The molecule has 4 rings (SSSR count). The number of aromatic hydroxyl groups is 1. The van der Waals surface area contributed by atoms with Crippen LogP contribution in [0.25, 0.3) is 0 Å². The second kappa shape index (κ2) is 23.3. The molecule has 352 valence electrons.